The first-order chi connectivity index (χ1) is 9.88. The first-order valence-corrected chi connectivity index (χ1v) is 7.24. The minimum Gasteiger partial charge on any atom is -0.396 e. The monoisotopic (exact) mass is 266 g/mol. The Hall–Kier alpha value is -1.86. The number of hydrogen-bond acceptors (Lipinski definition) is 1. The van der Waals surface area contributed by atoms with Gasteiger partial charge >= 0.3 is 0 Å². The molecule has 0 saturated heterocycles. The molecule has 0 heterocycles. The highest BCUT2D eigenvalue weighted by Crippen LogP contribution is 2.11. The van der Waals surface area contributed by atoms with Crippen LogP contribution in [0.3, 0.4) is 0 Å². The fourth-order valence-corrected chi connectivity index (χ4v) is 2.29. The minimum atomic E-state index is 0.205. The molecule has 1 heteroatoms. The van der Waals surface area contributed by atoms with Gasteiger partial charge in [0.15, 0.2) is 0 Å². The van der Waals surface area contributed by atoms with Gasteiger partial charge in [-0.15, -0.1) is 0 Å². The summed E-state index contributed by atoms with van der Waals surface area (Å²) in [6, 6.07) is 20.8. The fraction of sp³-hybridized carbons (Fsp3) is 0.263. The molecule has 0 aliphatic rings. The number of hydrogen-bond donors (Lipinski definition) is 1. The zero-order valence-corrected chi connectivity index (χ0v) is 11.8. The quantitative estimate of drug-likeness (QED) is 0.750. The third-order valence-electron chi connectivity index (χ3n) is 3.43. The molecular weight excluding hydrogens is 244 g/mol. The summed E-state index contributed by atoms with van der Waals surface area (Å²) >= 11 is 0. The van der Waals surface area contributed by atoms with Gasteiger partial charge in [0.25, 0.3) is 0 Å². The number of allylic oxidation sites excluding steroid dienone is 1. The van der Waals surface area contributed by atoms with E-state index in [0.29, 0.717) is 0 Å². The van der Waals surface area contributed by atoms with Gasteiger partial charge in [0.2, 0.25) is 0 Å². The van der Waals surface area contributed by atoms with Gasteiger partial charge in [-0.2, -0.15) is 0 Å². The van der Waals surface area contributed by atoms with Gasteiger partial charge in [-0.1, -0.05) is 72.8 Å². The van der Waals surface area contributed by atoms with Crippen LogP contribution in [-0.4, -0.2) is 11.7 Å². The lowest BCUT2D eigenvalue weighted by atomic mass is 9.99. The highest BCUT2D eigenvalue weighted by molar-refractivity contribution is 5.17. The van der Waals surface area contributed by atoms with E-state index in [0.717, 1.165) is 19.3 Å². The summed E-state index contributed by atoms with van der Waals surface area (Å²) in [6.07, 6.45) is 7.32. The average Bonchev–Trinajstić information content (AvgIpc) is 2.52. The van der Waals surface area contributed by atoms with E-state index >= 15 is 0 Å². The second-order valence-corrected chi connectivity index (χ2v) is 5.08. The maximum atomic E-state index is 9.45. The molecule has 0 aromatic heterocycles. The van der Waals surface area contributed by atoms with E-state index in [1.165, 1.54) is 11.1 Å². The van der Waals surface area contributed by atoms with E-state index in [1.54, 1.807) is 0 Å². The van der Waals surface area contributed by atoms with Crippen molar-refractivity contribution in [3.05, 3.63) is 83.9 Å². The molecule has 0 bridgehead atoms. The van der Waals surface area contributed by atoms with Crippen LogP contribution in [0.25, 0.3) is 0 Å². The molecule has 0 spiro atoms. The second kappa shape index (κ2) is 8.34. The molecule has 0 radical (unpaired) electrons. The van der Waals surface area contributed by atoms with E-state index in [1.807, 2.05) is 24.3 Å². The van der Waals surface area contributed by atoms with Crippen molar-refractivity contribution in [3.8, 4) is 0 Å². The molecule has 20 heavy (non-hydrogen) atoms. The van der Waals surface area contributed by atoms with E-state index in [4.69, 9.17) is 0 Å². The van der Waals surface area contributed by atoms with Gasteiger partial charge in [-0.25, -0.2) is 0 Å². The topological polar surface area (TPSA) is 20.2 Å². The number of aliphatic hydroxyl groups is 1. The Morgan fingerprint density at radius 2 is 1.45 bits per heavy atom. The Morgan fingerprint density at radius 3 is 2.05 bits per heavy atom. The lowest BCUT2D eigenvalue weighted by Gasteiger charge is -2.09. The lowest BCUT2D eigenvalue weighted by molar-refractivity contribution is 0.252. The van der Waals surface area contributed by atoms with E-state index in [2.05, 4.69) is 48.6 Å². The third-order valence-corrected chi connectivity index (χ3v) is 3.43. The molecule has 2 rings (SSSR count). The van der Waals surface area contributed by atoms with Crippen LogP contribution in [0.5, 0.6) is 0 Å². The van der Waals surface area contributed by atoms with Crippen molar-refractivity contribution in [1.82, 2.24) is 0 Å². The predicted molar refractivity (Wildman–Crippen MR) is 84.6 cm³/mol. The molecule has 1 nitrogen and oxygen atoms in total. The minimum absolute atomic E-state index is 0.205. The molecule has 2 aromatic carbocycles. The van der Waals surface area contributed by atoms with Gasteiger partial charge in [0.1, 0.15) is 0 Å². The zero-order valence-electron chi connectivity index (χ0n) is 11.8. The normalized spacial score (nSPS) is 12.7. The van der Waals surface area contributed by atoms with Crippen molar-refractivity contribution < 1.29 is 5.11 Å². The number of aliphatic hydroxyl groups excluding tert-OH is 1. The van der Waals surface area contributed by atoms with Crippen LogP contribution >= 0.6 is 0 Å². The summed E-state index contributed by atoms with van der Waals surface area (Å²) in [5, 5.41) is 9.45. The second-order valence-electron chi connectivity index (χ2n) is 5.08. The first kappa shape index (κ1) is 14.5. The van der Waals surface area contributed by atoms with Crippen LogP contribution in [0, 0.1) is 5.92 Å². The highest BCUT2D eigenvalue weighted by atomic mass is 16.3. The summed E-state index contributed by atoms with van der Waals surface area (Å²) in [6.45, 7) is 0.205. The number of rotatable bonds is 7. The summed E-state index contributed by atoms with van der Waals surface area (Å²) in [5.74, 6) is 0.216. The summed E-state index contributed by atoms with van der Waals surface area (Å²) in [5.41, 5.74) is 2.64. The molecule has 104 valence electrons. The van der Waals surface area contributed by atoms with Crippen molar-refractivity contribution in [3.63, 3.8) is 0 Å². The van der Waals surface area contributed by atoms with Crippen LogP contribution in [0.4, 0.5) is 0 Å². The zero-order chi connectivity index (χ0) is 14.0. The third kappa shape index (κ3) is 5.02. The average molecular weight is 266 g/mol. The number of aryl methyl sites for hydroxylation is 1. The van der Waals surface area contributed by atoms with Gasteiger partial charge in [0.05, 0.1) is 0 Å². The van der Waals surface area contributed by atoms with Crippen molar-refractivity contribution in [1.29, 1.82) is 0 Å². The lowest BCUT2D eigenvalue weighted by Crippen LogP contribution is -2.06. The molecule has 1 N–H and O–H groups in total. The first-order valence-electron chi connectivity index (χ1n) is 7.24. The Morgan fingerprint density at radius 1 is 0.850 bits per heavy atom. The van der Waals surface area contributed by atoms with Gasteiger partial charge in [-0.05, 0) is 30.4 Å². The van der Waals surface area contributed by atoms with Crippen molar-refractivity contribution >= 4 is 0 Å². The molecule has 0 aliphatic heterocycles. The Kier molecular flexibility index (Phi) is 6.07. The summed E-state index contributed by atoms with van der Waals surface area (Å²) < 4.78 is 0. The molecule has 0 saturated carbocycles. The summed E-state index contributed by atoms with van der Waals surface area (Å²) in [4.78, 5) is 0. The highest BCUT2D eigenvalue weighted by Gasteiger charge is 2.03. The molecule has 0 unspecified atom stereocenters. The van der Waals surface area contributed by atoms with E-state index in [-0.39, 0.29) is 12.5 Å². The van der Waals surface area contributed by atoms with Crippen LogP contribution in [-0.2, 0) is 12.8 Å². The maximum Gasteiger partial charge on any atom is 0.0496 e. The molecular formula is C19H22O. The van der Waals surface area contributed by atoms with Gasteiger partial charge < -0.3 is 5.11 Å². The standard InChI is InChI=1S/C19H22O/c20-16-19(15-18-12-5-2-6-13-18)14-8-7-11-17-9-3-1-4-10-17/h1-6,8-10,12-14,19-20H,7,11,15-16H2/b14-8+/t19-/m0/s1. The Balaban J connectivity index is 1.79. The number of benzene rings is 2. The molecule has 1 atom stereocenters. The van der Waals surface area contributed by atoms with Crippen LogP contribution in [0.1, 0.15) is 17.5 Å². The van der Waals surface area contributed by atoms with Crippen LogP contribution in [0.15, 0.2) is 72.8 Å². The maximum absolute atomic E-state index is 9.45. The fourth-order valence-electron chi connectivity index (χ4n) is 2.29. The molecule has 0 amide bonds. The van der Waals surface area contributed by atoms with E-state index < -0.39 is 0 Å². The van der Waals surface area contributed by atoms with Gasteiger partial charge in [-0.3, -0.25) is 0 Å². The Labute approximate surface area is 121 Å². The smallest absolute Gasteiger partial charge is 0.0496 e. The molecule has 0 fully saturated rings. The Bertz CT molecular complexity index is 502. The van der Waals surface area contributed by atoms with Crippen LogP contribution < -0.4 is 0 Å². The molecule has 0 aliphatic carbocycles. The van der Waals surface area contributed by atoms with Crippen molar-refractivity contribution in [2.24, 2.45) is 5.92 Å². The van der Waals surface area contributed by atoms with Gasteiger partial charge in [0, 0.05) is 12.5 Å². The van der Waals surface area contributed by atoms with Crippen molar-refractivity contribution in [2.45, 2.75) is 19.3 Å². The SMILES string of the molecule is OC[C@@H](/C=C/CCc1ccccc1)Cc1ccccc1. The largest absolute Gasteiger partial charge is 0.396 e. The predicted octanol–water partition coefficient (Wildman–Crippen LogP) is 4.03. The van der Waals surface area contributed by atoms with Crippen LogP contribution in [0.2, 0.25) is 0 Å². The van der Waals surface area contributed by atoms with Crippen molar-refractivity contribution in [2.75, 3.05) is 6.61 Å². The summed E-state index contributed by atoms with van der Waals surface area (Å²) in [7, 11) is 0. The molecule has 2 aromatic rings. The van der Waals surface area contributed by atoms with E-state index in [9.17, 15) is 5.11 Å².